The molecule has 1 saturated carbocycles. The van der Waals surface area contributed by atoms with E-state index in [1.165, 1.54) is 25.7 Å². The van der Waals surface area contributed by atoms with E-state index in [1.807, 2.05) is 0 Å². The normalized spacial score (nSPS) is 19.9. The monoisotopic (exact) mass is 381 g/mol. The number of amides is 1. The lowest BCUT2D eigenvalue weighted by Gasteiger charge is -2.32. The second-order valence-electron chi connectivity index (χ2n) is 8.66. The van der Waals surface area contributed by atoms with Gasteiger partial charge < -0.3 is 20.3 Å². The Morgan fingerprint density at radius 2 is 1.85 bits per heavy atom. The van der Waals surface area contributed by atoms with Gasteiger partial charge in [-0.25, -0.2) is 4.99 Å². The van der Waals surface area contributed by atoms with Crippen molar-refractivity contribution >= 4 is 11.9 Å². The Labute approximate surface area is 164 Å². The molecular weight excluding hydrogens is 342 g/mol. The van der Waals surface area contributed by atoms with Crippen LogP contribution in [0.1, 0.15) is 39.5 Å². The molecule has 0 atom stereocenters. The van der Waals surface area contributed by atoms with Gasteiger partial charge >= 0.3 is 0 Å². The van der Waals surface area contributed by atoms with E-state index in [-0.39, 0.29) is 17.9 Å². The number of guanidine groups is 1. The fraction of sp³-hybridized carbons (Fsp3) is 0.900. The second-order valence-corrected chi connectivity index (χ2v) is 8.66. The van der Waals surface area contributed by atoms with Gasteiger partial charge in [-0.2, -0.15) is 0 Å². The maximum atomic E-state index is 11.9. The van der Waals surface area contributed by atoms with Crippen molar-refractivity contribution < 1.29 is 9.53 Å². The van der Waals surface area contributed by atoms with Crippen LogP contribution in [0.15, 0.2) is 4.99 Å². The maximum absolute atomic E-state index is 11.9. The van der Waals surface area contributed by atoms with Crippen molar-refractivity contribution in [3.8, 4) is 0 Å². The molecule has 0 radical (unpaired) electrons. The number of nitrogens with zero attached hydrogens (tertiary/aromatic N) is 3. The van der Waals surface area contributed by atoms with Gasteiger partial charge in [0.25, 0.3) is 0 Å². The van der Waals surface area contributed by atoms with Crippen LogP contribution in [-0.2, 0) is 9.53 Å². The summed E-state index contributed by atoms with van der Waals surface area (Å²) in [6.07, 6.45) is 5.35. The zero-order chi connectivity index (χ0) is 19.7. The lowest BCUT2D eigenvalue weighted by molar-refractivity contribution is -0.127. The molecule has 1 saturated heterocycles. The van der Waals surface area contributed by atoms with Gasteiger partial charge in [-0.15, -0.1) is 0 Å². The summed E-state index contributed by atoms with van der Waals surface area (Å²) in [5, 5.41) is 6.90. The molecule has 0 bridgehead atoms. The molecule has 1 amide bonds. The molecule has 156 valence electrons. The summed E-state index contributed by atoms with van der Waals surface area (Å²) in [5.74, 6) is 1.52. The van der Waals surface area contributed by atoms with Crippen LogP contribution in [0.4, 0.5) is 0 Å². The predicted octanol–water partition coefficient (Wildman–Crippen LogP) is 1.16. The third-order valence-corrected chi connectivity index (χ3v) is 5.87. The summed E-state index contributed by atoms with van der Waals surface area (Å²) >= 11 is 0. The molecule has 2 aliphatic rings. The lowest BCUT2D eigenvalue weighted by Crippen LogP contribution is -2.47. The van der Waals surface area contributed by atoms with Gasteiger partial charge in [-0.3, -0.25) is 9.69 Å². The molecule has 0 spiro atoms. The Morgan fingerprint density at radius 3 is 2.48 bits per heavy atom. The number of aliphatic imine (C=N–C) groups is 1. The zero-order valence-electron chi connectivity index (χ0n) is 17.7. The number of carbonyl (C=O) groups excluding carboxylic acids is 1. The molecule has 1 aliphatic heterocycles. The van der Waals surface area contributed by atoms with Gasteiger partial charge in [0.1, 0.15) is 6.54 Å². The molecule has 27 heavy (non-hydrogen) atoms. The highest BCUT2D eigenvalue weighted by Crippen LogP contribution is 2.38. The topological polar surface area (TPSA) is 69.2 Å². The Hall–Kier alpha value is -1.34. The molecule has 7 nitrogen and oxygen atoms in total. The van der Waals surface area contributed by atoms with Crippen LogP contribution >= 0.6 is 0 Å². The smallest absolute Gasteiger partial charge is 0.243 e. The van der Waals surface area contributed by atoms with E-state index in [1.54, 1.807) is 19.0 Å². The minimum atomic E-state index is 0.0133. The molecule has 0 aromatic heterocycles. The molecule has 1 aliphatic carbocycles. The first kappa shape index (κ1) is 22.0. The molecule has 0 aromatic rings. The number of ether oxygens (including phenoxy) is 1. The van der Waals surface area contributed by atoms with E-state index in [4.69, 9.17) is 4.74 Å². The van der Waals surface area contributed by atoms with E-state index >= 15 is 0 Å². The van der Waals surface area contributed by atoms with Crippen LogP contribution in [0.5, 0.6) is 0 Å². The van der Waals surface area contributed by atoms with E-state index in [2.05, 4.69) is 34.4 Å². The minimum Gasteiger partial charge on any atom is -0.379 e. The van der Waals surface area contributed by atoms with Crippen molar-refractivity contribution in [1.82, 2.24) is 20.4 Å². The third kappa shape index (κ3) is 7.66. The van der Waals surface area contributed by atoms with Gasteiger partial charge in [0.15, 0.2) is 5.96 Å². The van der Waals surface area contributed by atoms with Crippen molar-refractivity contribution in [3.05, 3.63) is 0 Å². The Bertz CT molecular complexity index is 481. The molecule has 2 fully saturated rings. The van der Waals surface area contributed by atoms with Gasteiger partial charge in [-0.05, 0) is 24.2 Å². The Balaban J connectivity index is 1.85. The summed E-state index contributed by atoms with van der Waals surface area (Å²) < 4.78 is 5.40. The zero-order valence-corrected chi connectivity index (χ0v) is 17.7. The second kappa shape index (κ2) is 10.9. The molecule has 7 heteroatoms. The number of carbonyl (C=O) groups is 1. The summed E-state index contributed by atoms with van der Waals surface area (Å²) in [6, 6.07) is 0. The third-order valence-electron chi connectivity index (χ3n) is 5.87. The van der Waals surface area contributed by atoms with Crippen molar-refractivity contribution in [1.29, 1.82) is 0 Å². The SMILES string of the molecule is CN(C)C(=O)CN=C(NCCN1CCOCC1)NCC(C)(C)C1CCCC1. The van der Waals surface area contributed by atoms with Crippen molar-refractivity contribution in [2.75, 3.05) is 66.6 Å². The van der Waals surface area contributed by atoms with Crippen molar-refractivity contribution in [3.63, 3.8) is 0 Å². The first-order valence-electron chi connectivity index (χ1n) is 10.4. The first-order chi connectivity index (χ1) is 12.9. The molecule has 2 N–H and O–H groups in total. The van der Waals surface area contributed by atoms with Gasteiger partial charge in [0, 0.05) is 46.8 Å². The van der Waals surface area contributed by atoms with E-state index < -0.39 is 0 Å². The number of rotatable bonds is 8. The average Bonchev–Trinajstić information content (AvgIpc) is 3.19. The summed E-state index contributed by atoms with van der Waals surface area (Å²) in [5.41, 5.74) is 0.231. The number of hydrogen-bond acceptors (Lipinski definition) is 4. The largest absolute Gasteiger partial charge is 0.379 e. The lowest BCUT2D eigenvalue weighted by atomic mass is 9.78. The first-order valence-corrected chi connectivity index (χ1v) is 10.4. The van der Waals surface area contributed by atoms with Crippen LogP contribution in [-0.4, -0.2) is 88.2 Å². The number of morpholine rings is 1. The van der Waals surface area contributed by atoms with Crippen molar-refractivity contribution in [2.24, 2.45) is 16.3 Å². The van der Waals surface area contributed by atoms with Crippen LogP contribution < -0.4 is 10.6 Å². The number of hydrogen-bond donors (Lipinski definition) is 2. The van der Waals surface area contributed by atoms with Crippen LogP contribution in [0.25, 0.3) is 0 Å². The number of nitrogens with one attached hydrogen (secondary N) is 2. The van der Waals surface area contributed by atoms with Crippen LogP contribution in [0.3, 0.4) is 0 Å². The number of likely N-dealkylation sites (N-methyl/N-ethyl adjacent to an activating group) is 1. The highest BCUT2D eigenvalue weighted by atomic mass is 16.5. The molecule has 0 aromatic carbocycles. The van der Waals surface area contributed by atoms with E-state index in [0.29, 0.717) is 0 Å². The fourth-order valence-corrected chi connectivity index (χ4v) is 3.78. The fourth-order valence-electron chi connectivity index (χ4n) is 3.78. The van der Waals surface area contributed by atoms with Gasteiger partial charge in [-0.1, -0.05) is 26.7 Å². The highest BCUT2D eigenvalue weighted by Gasteiger charge is 2.31. The minimum absolute atomic E-state index is 0.0133. The molecular formula is C20H39N5O2. The Kier molecular flexibility index (Phi) is 8.83. The van der Waals surface area contributed by atoms with E-state index in [9.17, 15) is 4.79 Å². The molecule has 0 unspecified atom stereocenters. The summed E-state index contributed by atoms with van der Waals surface area (Å²) in [7, 11) is 3.53. The Morgan fingerprint density at radius 1 is 1.19 bits per heavy atom. The predicted molar refractivity (Wildman–Crippen MR) is 110 cm³/mol. The van der Waals surface area contributed by atoms with Crippen molar-refractivity contribution in [2.45, 2.75) is 39.5 Å². The standard InChI is InChI=1S/C20H39N5O2/c1-20(2,17-7-5-6-8-17)16-23-19(22-15-18(26)24(3)4)21-9-10-25-11-13-27-14-12-25/h17H,5-16H2,1-4H3,(H2,21,22,23). The quantitative estimate of drug-likeness (QED) is 0.488. The van der Waals surface area contributed by atoms with Gasteiger partial charge in [0.05, 0.1) is 13.2 Å². The van der Waals surface area contributed by atoms with Gasteiger partial charge in [0.2, 0.25) is 5.91 Å². The molecule has 2 rings (SSSR count). The van der Waals surface area contributed by atoms with E-state index in [0.717, 1.165) is 57.8 Å². The molecule has 1 heterocycles. The average molecular weight is 382 g/mol. The van der Waals surface area contributed by atoms with Crippen LogP contribution in [0, 0.1) is 11.3 Å². The summed E-state index contributed by atoms with van der Waals surface area (Å²) in [6.45, 7) is 11.1. The summed E-state index contributed by atoms with van der Waals surface area (Å²) in [4.78, 5) is 20.4. The van der Waals surface area contributed by atoms with Crippen LogP contribution in [0.2, 0.25) is 0 Å². The maximum Gasteiger partial charge on any atom is 0.243 e. The highest BCUT2D eigenvalue weighted by molar-refractivity contribution is 5.84.